The van der Waals surface area contributed by atoms with E-state index in [4.69, 9.17) is 5.73 Å². The Kier molecular flexibility index (Phi) is 8.29. The Morgan fingerprint density at radius 1 is 1.07 bits per heavy atom. The van der Waals surface area contributed by atoms with E-state index in [9.17, 15) is 4.79 Å². The first kappa shape index (κ1) is 21.4. The number of nitrogens with one attached hydrogen (secondary N) is 1. The largest absolute Gasteiger partial charge is 0.348 e. The number of hydrogen-bond donors (Lipinski definition) is 2. The van der Waals surface area contributed by atoms with Crippen molar-refractivity contribution in [3.8, 4) is 0 Å². The first-order valence-electron chi connectivity index (χ1n) is 9.51. The summed E-state index contributed by atoms with van der Waals surface area (Å²) in [6.45, 7) is 6.78. The van der Waals surface area contributed by atoms with Crippen molar-refractivity contribution in [1.82, 2.24) is 10.2 Å². The van der Waals surface area contributed by atoms with E-state index in [1.165, 1.54) is 31.5 Å². The van der Waals surface area contributed by atoms with Crippen molar-refractivity contribution in [2.75, 3.05) is 13.1 Å². The molecule has 0 aliphatic carbocycles. The van der Waals surface area contributed by atoms with Crippen LogP contribution in [-0.4, -0.2) is 23.9 Å². The van der Waals surface area contributed by atoms with Crippen LogP contribution in [0.25, 0.3) is 0 Å². The lowest BCUT2D eigenvalue weighted by Crippen LogP contribution is -2.33. The summed E-state index contributed by atoms with van der Waals surface area (Å²) in [6.07, 6.45) is 2.65. The van der Waals surface area contributed by atoms with E-state index in [0.717, 1.165) is 23.6 Å². The maximum Gasteiger partial charge on any atom is 0.251 e. The molecular formula is C22H30ClN3O. The van der Waals surface area contributed by atoms with Crippen molar-refractivity contribution < 1.29 is 4.79 Å². The SMILES string of the molecule is CC1CCCN(Cc2ccc(CNC(=O)c3ccc(CN)cc3)cc2)C1.Cl. The molecule has 1 aliphatic heterocycles. The smallest absolute Gasteiger partial charge is 0.251 e. The lowest BCUT2D eigenvalue weighted by atomic mass is 9.99. The predicted octanol–water partition coefficient (Wildman–Crippen LogP) is 3.73. The van der Waals surface area contributed by atoms with Crippen LogP contribution in [0.4, 0.5) is 0 Å². The molecule has 1 heterocycles. The average molecular weight is 388 g/mol. The summed E-state index contributed by atoms with van der Waals surface area (Å²) in [7, 11) is 0. The lowest BCUT2D eigenvalue weighted by molar-refractivity contribution is 0.0951. The maximum atomic E-state index is 12.2. The first-order valence-corrected chi connectivity index (χ1v) is 9.51. The summed E-state index contributed by atoms with van der Waals surface area (Å²) in [5.74, 6) is 0.747. The van der Waals surface area contributed by atoms with Crippen molar-refractivity contribution in [2.24, 2.45) is 11.7 Å². The quantitative estimate of drug-likeness (QED) is 0.793. The van der Waals surface area contributed by atoms with E-state index >= 15 is 0 Å². The van der Waals surface area contributed by atoms with E-state index in [1.54, 1.807) is 0 Å². The van der Waals surface area contributed by atoms with Gasteiger partial charge in [0.1, 0.15) is 0 Å². The van der Waals surface area contributed by atoms with Crippen LogP contribution in [-0.2, 0) is 19.6 Å². The molecule has 1 amide bonds. The van der Waals surface area contributed by atoms with Crippen LogP contribution in [0.5, 0.6) is 0 Å². The third kappa shape index (κ3) is 6.35. The molecule has 0 bridgehead atoms. The topological polar surface area (TPSA) is 58.4 Å². The van der Waals surface area contributed by atoms with Gasteiger partial charge in [0, 0.05) is 31.7 Å². The summed E-state index contributed by atoms with van der Waals surface area (Å²) in [6, 6.07) is 16.0. The van der Waals surface area contributed by atoms with Crippen LogP contribution in [0.1, 0.15) is 46.8 Å². The van der Waals surface area contributed by atoms with Gasteiger partial charge in [-0.05, 0) is 54.1 Å². The minimum Gasteiger partial charge on any atom is -0.348 e. The van der Waals surface area contributed by atoms with Crippen LogP contribution >= 0.6 is 12.4 Å². The zero-order valence-electron chi connectivity index (χ0n) is 16.0. The number of halogens is 1. The molecule has 1 atom stereocenters. The van der Waals surface area contributed by atoms with Gasteiger partial charge >= 0.3 is 0 Å². The molecule has 3 rings (SSSR count). The molecule has 2 aromatic carbocycles. The van der Waals surface area contributed by atoms with Gasteiger partial charge in [-0.1, -0.05) is 43.3 Å². The number of nitrogens with two attached hydrogens (primary N) is 1. The number of amides is 1. The fourth-order valence-electron chi connectivity index (χ4n) is 3.53. The van der Waals surface area contributed by atoms with E-state index < -0.39 is 0 Å². The van der Waals surface area contributed by atoms with Gasteiger partial charge in [0.15, 0.2) is 0 Å². The Bertz CT molecular complexity index is 715. The molecule has 1 aliphatic rings. The molecule has 2 aromatic rings. The van der Waals surface area contributed by atoms with Crippen molar-refractivity contribution in [2.45, 2.75) is 39.4 Å². The number of carbonyl (C=O) groups is 1. The molecule has 3 N–H and O–H groups in total. The number of benzene rings is 2. The Labute approximate surface area is 168 Å². The Morgan fingerprint density at radius 3 is 2.33 bits per heavy atom. The second kappa shape index (κ2) is 10.5. The van der Waals surface area contributed by atoms with Crippen molar-refractivity contribution in [3.63, 3.8) is 0 Å². The number of nitrogens with zero attached hydrogens (tertiary/aromatic N) is 1. The molecule has 0 radical (unpaired) electrons. The average Bonchev–Trinajstić information content (AvgIpc) is 2.67. The minimum atomic E-state index is -0.0556. The van der Waals surface area contributed by atoms with Gasteiger partial charge in [-0.25, -0.2) is 0 Å². The molecular weight excluding hydrogens is 358 g/mol. The second-order valence-corrected chi connectivity index (χ2v) is 7.38. The maximum absolute atomic E-state index is 12.2. The molecule has 4 nitrogen and oxygen atoms in total. The highest BCUT2D eigenvalue weighted by Crippen LogP contribution is 2.18. The van der Waals surface area contributed by atoms with Gasteiger partial charge in [-0.2, -0.15) is 0 Å². The molecule has 0 aromatic heterocycles. The number of likely N-dealkylation sites (tertiary alicyclic amines) is 1. The van der Waals surface area contributed by atoms with Gasteiger partial charge in [-0.3, -0.25) is 9.69 Å². The van der Waals surface area contributed by atoms with Gasteiger partial charge in [0.05, 0.1) is 0 Å². The third-order valence-corrected chi connectivity index (χ3v) is 5.08. The number of hydrogen-bond acceptors (Lipinski definition) is 3. The second-order valence-electron chi connectivity index (χ2n) is 7.38. The van der Waals surface area contributed by atoms with E-state index in [1.807, 2.05) is 24.3 Å². The summed E-state index contributed by atoms with van der Waals surface area (Å²) >= 11 is 0. The molecule has 146 valence electrons. The van der Waals surface area contributed by atoms with Crippen LogP contribution in [0, 0.1) is 5.92 Å². The van der Waals surface area contributed by atoms with Crippen LogP contribution in [0.3, 0.4) is 0 Å². The fraction of sp³-hybridized carbons (Fsp3) is 0.409. The highest BCUT2D eigenvalue weighted by molar-refractivity contribution is 5.94. The number of rotatable bonds is 6. The summed E-state index contributed by atoms with van der Waals surface area (Å²) < 4.78 is 0. The molecule has 0 saturated carbocycles. The van der Waals surface area contributed by atoms with Gasteiger partial charge in [0.2, 0.25) is 0 Å². The Balaban J connectivity index is 0.00000261. The standard InChI is InChI=1S/C22H29N3O.ClH/c1-17-3-2-12-25(15-17)16-20-6-4-19(5-7-20)14-24-22(26)21-10-8-18(13-23)9-11-21;/h4-11,17H,2-3,12-16,23H2,1H3,(H,24,26);1H. The van der Waals surface area contributed by atoms with E-state index in [2.05, 4.69) is 41.4 Å². The minimum absolute atomic E-state index is 0. The highest BCUT2D eigenvalue weighted by Gasteiger charge is 2.16. The summed E-state index contributed by atoms with van der Waals surface area (Å²) in [4.78, 5) is 14.8. The highest BCUT2D eigenvalue weighted by atomic mass is 35.5. The molecule has 1 unspecified atom stereocenters. The van der Waals surface area contributed by atoms with Crippen molar-refractivity contribution >= 4 is 18.3 Å². The monoisotopic (exact) mass is 387 g/mol. The molecule has 5 heteroatoms. The fourth-order valence-corrected chi connectivity index (χ4v) is 3.53. The van der Waals surface area contributed by atoms with Gasteiger partial charge in [-0.15, -0.1) is 12.4 Å². The van der Waals surface area contributed by atoms with Crippen molar-refractivity contribution in [3.05, 3.63) is 70.8 Å². The molecule has 1 fully saturated rings. The Morgan fingerprint density at radius 2 is 1.70 bits per heavy atom. The lowest BCUT2D eigenvalue weighted by Gasteiger charge is -2.30. The van der Waals surface area contributed by atoms with E-state index in [-0.39, 0.29) is 18.3 Å². The van der Waals surface area contributed by atoms with Gasteiger partial charge in [0.25, 0.3) is 5.91 Å². The predicted molar refractivity (Wildman–Crippen MR) is 113 cm³/mol. The normalized spacial score (nSPS) is 17.2. The number of carbonyl (C=O) groups excluding carboxylic acids is 1. The van der Waals surface area contributed by atoms with Crippen LogP contribution in [0.2, 0.25) is 0 Å². The third-order valence-electron chi connectivity index (χ3n) is 5.08. The number of piperidine rings is 1. The molecule has 0 spiro atoms. The van der Waals surface area contributed by atoms with Gasteiger partial charge < -0.3 is 11.1 Å². The van der Waals surface area contributed by atoms with Crippen molar-refractivity contribution in [1.29, 1.82) is 0 Å². The Hall–Kier alpha value is -1.88. The molecule has 27 heavy (non-hydrogen) atoms. The van der Waals surface area contributed by atoms with E-state index in [0.29, 0.717) is 18.7 Å². The summed E-state index contributed by atoms with van der Waals surface area (Å²) in [5, 5.41) is 2.98. The zero-order chi connectivity index (χ0) is 18.4. The first-order chi connectivity index (χ1) is 12.6. The van der Waals surface area contributed by atoms with Crippen LogP contribution in [0.15, 0.2) is 48.5 Å². The molecule has 1 saturated heterocycles. The zero-order valence-corrected chi connectivity index (χ0v) is 16.8. The van der Waals surface area contributed by atoms with Crippen LogP contribution < -0.4 is 11.1 Å². The summed E-state index contributed by atoms with van der Waals surface area (Å²) in [5.41, 5.74) is 9.74.